The van der Waals surface area contributed by atoms with Crippen molar-refractivity contribution in [1.82, 2.24) is 9.97 Å². The van der Waals surface area contributed by atoms with E-state index >= 15 is 0 Å². The summed E-state index contributed by atoms with van der Waals surface area (Å²) in [6.07, 6.45) is 3.11. The Hall–Kier alpha value is -1.75. The third-order valence-corrected chi connectivity index (χ3v) is 2.81. The van der Waals surface area contributed by atoms with Crippen molar-refractivity contribution in [1.29, 1.82) is 0 Å². The van der Waals surface area contributed by atoms with Crippen LogP contribution in [-0.4, -0.2) is 15.8 Å². The molecule has 0 saturated carbocycles. The molecule has 0 bridgehead atoms. The third-order valence-electron chi connectivity index (χ3n) is 1.90. The fraction of sp³-hybridized carbons (Fsp3) is 0.100. The molecule has 4 nitrogen and oxygen atoms in total. The summed E-state index contributed by atoms with van der Waals surface area (Å²) in [6, 6.07) is 3.36. The summed E-state index contributed by atoms with van der Waals surface area (Å²) in [4.78, 5) is 20.5. The monoisotopic (exact) mass is 219 g/mol. The Bertz CT molecular complexity index is 507. The van der Waals surface area contributed by atoms with Crippen LogP contribution in [-0.2, 0) is 0 Å². The lowest BCUT2D eigenvalue weighted by Crippen LogP contribution is -2.05. The molecule has 0 spiro atoms. The minimum Gasteiger partial charge on any atom is -0.397 e. The van der Waals surface area contributed by atoms with Gasteiger partial charge in [-0.3, -0.25) is 9.78 Å². The first-order valence-corrected chi connectivity index (χ1v) is 5.18. The predicted octanol–water partition coefficient (Wildman–Crippen LogP) is 1.66. The highest BCUT2D eigenvalue weighted by Gasteiger charge is 2.15. The molecule has 0 saturated heterocycles. The molecule has 0 aliphatic rings. The second-order valence-electron chi connectivity index (χ2n) is 3.01. The van der Waals surface area contributed by atoms with Crippen molar-refractivity contribution in [2.45, 2.75) is 6.92 Å². The molecule has 0 amide bonds. The van der Waals surface area contributed by atoms with Gasteiger partial charge in [0.2, 0.25) is 5.78 Å². The number of pyridine rings is 1. The van der Waals surface area contributed by atoms with Crippen molar-refractivity contribution < 1.29 is 4.79 Å². The van der Waals surface area contributed by atoms with Gasteiger partial charge in [-0.25, -0.2) is 4.98 Å². The molecule has 2 N–H and O–H groups in total. The molecule has 0 aliphatic heterocycles. The Morgan fingerprint density at radius 3 is 2.87 bits per heavy atom. The van der Waals surface area contributed by atoms with E-state index in [0.717, 1.165) is 5.01 Å². The van der Waals surface area contributed by atoms with Crippen LogP contribution in [0.5, 0.6) is 0 Å². The van der Waals surface area contributed by atoms with Gasteiger partial charge in [-0.2, -0.15) is 0 Å². The van der Waals surface area contributed by atoms with Crippen molar-refractivity contribution in [3.05, 3.63) is 40.1 Å². The number of aromatic nitrogens is 2. The first kappa shape index (κ1) is 9.79. The molecule has 2 aromatic rings. The molecular formula is C10H9N3OS. The molecule has 0 unspecified atom stereocenters. The Morgan fingerprint density at radius 2 is 2.27 bits per heavy atom. The van der Waals surface area contributed by atoms with Gasteiger partial charge in [-0.05, 0) is 19.1 Å². The lowest BCUT2D eigenvalue weighted by atomic mass is 10.2. The number of nitrogens with zero attached hydrogens (tertiary/aromatic N) is 2. The van der Waals surface area contributed by atoms with Crippen LogP contribution in [0.2, 0.25) is 0 Å². The standard InChI is InChI=1S/C10H9N3OS/c1-6-13-5-8(15-6)10(14)9-7(11)3-2-4-12-9/h2-5H,11H2,1H3. The summed E-state index contributed by atoms with van der Waals surface area (Å²) < 4.78 is 0. The highest BCUT2D eigenvalue weighted by molar-refractivity contribution is 7.13. The van der Waals surface area contributed by atoms with Crippen molar-refractivity contribution in [2.24, 2.45) is 0 Å². The van der Waals surface area contributed by atoms with Crippen molar-refractivity contribution in [2.75, 3.05) is 5.73 Å². The van der Waals surface area contributed by atoms with Gasteiger partial charge in [0.1, 0.15) is 5.69 Å². The van der Waals surface area contributed by atoms with Crippen LogP contribution in [0, 0.1) is 6.92 Å². The molecule has 0 atom stereocenters. The summed E-state index contributed by atoms with van der Waals surface area (Å²) in [5.74, 6) is -0.168. The van der Waals surface area contributed by atoms with Crippen LogP contribution in [0.3, 0.4) is 0 Å². The lowest BCUT2D eigenvalue weighted by Gasteiger charge is -1.99. The number of carbonyl (C=O) groups excluding carboxylic acids is 1. The average molecular weight is 219 g/mol. The highest BCUT2D eigenvalue weighted by Crippen LogP contribution is 2.18. The summed E-state index contributed by atoms with van der Waals surface area (Å²) in [7, 11) is 0. The summed E-state index contributed by atoms with van der Waals surface area (Å²) in [5.41, 5.74) is 6.36. The van der Waals surface area contributed by atoms with Crippen LogP contribution >= 0.6 is 11.3 Å². The fourth-order valence-electron chi connectivity index (χ4n) is 1.19. The van der Waals surface area contributed by atoms with E-state index in [1.807, 2.05) is 6.92 Å². The van der Waals surface area contributed by atoms with E-state index in [4.69, 9.17) is 5.73 Å². The Morgan fingerprint density at radius 1 is 1.47 bits per heavy atom. The zero-order valence-electron chi connectivity index (χ0n) is 8.10. The van der Waals surface area contributed by atoms with Crippen LogP contribution in [0.4, 0.5) is 5.69 Å². The predicted molar refractivity (Wildman–Crippen MR) is 58.9 cm³/mol. The van der Waals surface area contributed by atoms with Gasteiger partial charge >= 0.3 is 0 Å². The molecule has 5 heteroatoms. The van der Waals surface area contributed by atoms with Crippen molar-refractivity contribution in [3.8, 4) is 0 Å². The quantitative estimate of drug-likeness (QED) is 0.780. The number of rotatable bonds is 2. The summed E-state index contributed by atoms with van der Waals surface area (Å²) in [5, 5.41) is 0.854. The average Bonchev–Trinajstić information content (AvgIpc) is 2.65. The first-order chi connectivity index (χ1) is 7.18. The zero-order chi connectivity index (χ0) is 10.8. The SMILES string of the molecule is Cc1ncc(C(=O)c2ncccc2N)s1. The number of carbonyl (C=O) groups is 1. The lowest BCUT2D eigenvalue weighted by molar-refractivity contribution is 0.103. The van der Waals surface area contributed by atoms with Crippen LogP contribution in [0.15, 0.2) is 24.5 Å². The van der Waals surface area contributed by atoms with E-state index < -0.39 is 0 Å². The fourth-order valence-corrected chi connectivity index (χ4v) is 1.91. The molecular weight excluding hydrogens is 210 g/mol. The molecule has 15 heavy (non-hydrogen) atoms. The van der Waals surface area contributed by atoms with Gasteiger partial charge in [0.05, 0.1) is 15.6 Å². The van der Waals surface area contributed by atoms with Crippen molar-refractivity contribution in [3.63, 3.8) is 0 Å². The third kappa shape index (κ3) is 1.87. The maximum atomic E-state index is 11.9. The topological polar surface area (TPSA) is 68.9 Å². The molecule has 0 radical (unpaired) electrons. The van der Waals surface area contributed by atoms with Gasteiger partial charge in [-0.15, -0.1) is 11.3 Å². The molecule has 0 aliphatic carbocycles. The number of aryl methyl sites for hydroxylation is 1. The van der Waals surface area contributed by atoms with E-state index in [2.05, 4.69) is 9.97 Å². The number of thiazole rings is 1. The number of ketones is 1. The van der Waals surface area contributed by atoms with E-state index in [-0.39, 0.29) is 5.78 Å². The second kappa shape index (κ2) is 3.78. The number of nitrogen functional groups attached to an aromatic ring is 1. The molecule has 2 rings (SSSR count). The minimum atomic E-state index is -0.168. The summed E-state index contributed by atoms with van der Waals surface area (Å²) >= 11 is 1.34. The van der Waals surface area contributed by atoms with Crippen LogP contribution in [0.25, 0.3) is 0 Å². The van der Waals surface area contributed by atoms with Gasteiger partial charge < -0.3 is 5.73 Å². The molecule has 0 aromatic carbocycles. The zero-order valence-corrected chi connectivity index (χ0v) is 8.91. The van der Waals surface area contributed by atoms with E-state index in [0.29, 0.717) is 16.3 Å². The second-order valence-corrected chi connectivity index (χ2v) is 4.25. The molecule has 2 heterocycles. The van der Waals surface area contributed by atoms with Gasteiger partial charge in [-0.1, -0.05) is 0 Å². The number of nitrogens with two attached hydrogens (primary N) is 1. The smallest absolute Gasteiger partial charge is 0.225 e. The Labute approximate surface area is 90.8 Å². The van der Waals surface area contributed by atoms with Crippen LogP contribution < -0.4 is 5.73 Å². The molecule has 2 aromatic heterocycles. The van der Waals surface area contributed by atoms with Gasteiger partial charge in [0.15, 0.2) is 0 Å². The Balaban J connectivity index is 2.41. The molecule has 0 fully saturated rings. The maximum absolute atomic E-state index is 11.9. The highest BCUT2D eigenvalue weighted by atomic mass is 32.1. The first-order valence-electron chi connectivity index (χ1n) is 4.36. The number of hydrogen-bond donors (Lipinski definition) is 1. The number of anilines is 1. The van der Waals surface area contributed by atoms with Crippen LogP contribution in [0.1, 0.15) is 20.4 Å². The maximum Gasteiger partial charge on any atom is 0.225 e. The number of hydrogen-bond acceptors (Lipinski definition) is 5. The normalized spacial score (nSPS) is 10.2. The van der Waals surface area contributed by atoms with Crippen molar-refractivity contribution >= 4 is 22.8 Å². The van der Waals surface area contributed by atoms with Gasteiger partial charge in [0.25, 0.3) is 0 Å². The van der Waals surface area contributed by atoms with E-state index in [1.54, 1.807) is 24.5 Å². The Kier molecular flexibility index (Phi) is 2.47. The van der Waals surface area contributed by atoms with E-state index in [9.17, 15) is 4.79 Å². The largest absolute Gasteiger partial charge is 0.397 e. The molecule has 76 valence electrons. The summed E-state index contributed by atoms with van der Waals surface area (Å²) in [6.45, 7) is 1.85. The minimum absolute atomic E-state index is 0.168. The van der Waals surface area contributed by atoms with Gasteiger partial charge in [0, 0.05) is 12.4 Å². The van der Waals surface area contributed by atoms with E-state index in [1.165, 1.54) is 11.3 Å².